The third-order valence-corrected chi connectivity index (χ3v) is 3.08. The largest absolute Gasteiger partial charge is 0.480 e. The van der Waals surface area contributed by atoms with Crippen LogP contribution in [0.1, 0.15) is 33.2 Å². The molecule has 1 rings (SSSR count). The van der Waals surface area contributed by atoms with Gasteiger partial charge in [0.1, 0.15) is 12.1 Å². The third-order valence-electron chi connectivity index (χ3n) is 3.08. The fourth-order valence-corrected chi connectivity index (χ4v) is 1.59. The molecule has 2 N–H and O–H groups in total. The lowest BCUT2D eigenvalue weighted by molar-refractivity contribution is -0.143. The van der Waals surface area contributed by atoms with E-state index in [9.17, 15) is 9.59 Å². The summed E-state index contributed by atoms with van der Waals surface area (Å²) in [6.45, 7) is 5.37. The molecule has 0 saturated heterocycles. The van der Waals surface area contributed by atoms with Gasteiger partial charge in [0.05, 0.1) is 0 Å². The van der Waals surface area contributed by atoms with Crippen molar-refractivity contribution in [2.45, 2.75) is 39.3 Å². The lowest BCUT2D eigenvalue weighted by atomic mass is 9.99. The van der Waals surface area contributed by atoms with E-state index in [0.717, 1.165) is 0 Å². The second kappa shape index (κ2) is 6.18. The summed E-state index contributed by atoms with van der Waals surface area (Å²) in [4.78, 5) is 23.0. The van der Waals surface area contributed by atoms with Crippen LogP contribution in [0.25, 0.3) is 0 Å². The summed E-state index contributed by atoms with van der Waals surface area (Å²) in [5, 5.41) is 15.6. The number of hydrogen-bond acceptors (Lipinski definition) is 3. The van der Waals surface area contributed by atoms with Gasteiger partial charge in [0.15, 0.2) is 0 Å². The van der Waals surface area contributed by atoms with E-state index in [0.29, 0.717) is 6.42 Å². The number of carbonyl (C=O) groups excluding carboxylic acids is 1. The van der Waals surface area contributed by atoms with E-state index in [1.165, 1.54) is 4.68 Å². The van der Waals surface area contributed by atoms with Gasteiger partial charge in [-0.05, 0) is 18.9 Å². The molecule has 0 aliphatic heterocycles. The van der Waals surface area contributed by atoms with Crippen LogP contribution in [-0.2, 0) is 9.59 Å². The van der Waals surface area contributed by atoms with Gasteiger partial charge in [-0.3, -0.25) is 9.48 Å². The van der Waals surface area contributed by atoms with Crippen LogP contribution >= 0.6 is 0 Å². The summed E-state index contributed by atoms with van der Waals surface area (Å²) in [5.41, 5.74) is 0. The van der Waals surface area contributed by atoms with E-state index < -0.39 is 18.1 Å². The molecular weight excluding hydrogens is 234 g/mol. The molecule has 0 radical (unpaired) electrons. The van der Waals surface area contributed by atoms with Crippen molar-refractivity contribution in [1.82, 2.24) is 15.1 Å². The first-order valence-electron chi connectivity index (χ1n) is 5.99. The highest BCUT2D eigenvalue weighted by Crippen LogP contribution is 2.10. The van der Waals surface area contributed by atoms with Gasteiger partial charge in [0, 0.05) is 12.4 Å². The minimum Gasteiger partial charge on any atom is -0.480 e. The van der Waals surface area contributed by atoms with Gasteiger partial charge in [0.25, 0.3) is 0 Å². The predicted molar refractivity (Wildman–Crippen MR) is 66.0 cm³/mol. The van der Waals surface area contributed by atoms with Gasteiger partial charge < -0.3 is 10.4 Å². The van der Waals surface area contributed by atoms with E-state index in [1.54, 1.807) is 32.3 Å². The van der Waals surface area contributed by atoms with Crippen molar-refractivity contribution in [2.75, 3.05) is 0 Å². The van der Waals surface area contributed by atoms with Gasteiger partial charge in [-0.25, -0.2) is 4.79 Å². The molecule has 1 amide bonds. The van der Waals surface area contributed by atoms with Crippen LogP contribution in [0.15, 0.2) is 18.5 Å². The van der Waals surface area contributed by atoms with Crippen LogP contribution in [0.4, 0.5) is 0 Å². The van der Waals surface area contributed by atoms with Crippen LogP contribution in [0, 0.1) is 5.92 Å². The summed E-state index contributed by atoms with van der Waals surface area (Å²) in [6.07, 6.45) is 3.93. The fraction of sp³-hybridized carbons (Fsp3) is 0.583. The number of aliphatic carboxylic acids is 1. The van der Waals surface area contributed by atoms with Gasteiger partial charge in [-0.1, -0.05) is 20.3 Å². The minimum absolute atomic E-state index is 0.115. The molecule has 3 atom stereocenters. The first-order chi connectivity index (χ1) is 8.47. The van der Waals surface area contributed by atoms with Crippen molar-refractivity contribution in [3.63, 3.8) is 0 Å². The Balaban J connectivity index is 2.70. The van der Waals surface area contributed by atoms with Crippen LogP contribution in [-0.4, -0.2) is 32.8 Å². The molecule has 0 aromatic carbocycles. The number of rotatable bonds is 6. The summed E-state index contributed by atoms with van der Waals surface area (Å²) in [7, 11) is 0. The molecule has 0 aliphatic rings. The Labute approximate surface area is 106 Å². The number of carbonyl (C=O) groups is 2. The van der Waals surface area contributed by atoms with E-state index in [-0.39, 0.29) is 11.8 Å². The van der Waals surface area contributed by atoms with Crippen LogP contribution < -0.4 is 5.32 Å². The Bertz CT molecular complexity index is 403. The Morgan fingerprint density at radius 2 is 2.11 bits per heavy atom. The molecular formula is C12H19N3O3. The van der Waals surface area contributed by atoms with Crippen LogP contribution in [0.2, 0.25) is 0 Å². The first kappa shape index (κ1) is 14.2. The van der Waals surface area contributed by atoms with E-state index in [4.69, 9.17) is 5.11 Å². The van der Waals surface area contributed by atoms with E-state index in [2.05, 4.69) is 10.4 Å². The SMILES string of the molecule is CCC(C)[C@H](NC(=O)C(C)n1cccn1)C(=O)O. The number of hydrogen-bond donors (Lipinski definition) is 2. The third kappa shape index (κ3) is 3.32. The van der Waals surface area contributed by atoms with Gasteiger partial charge in [-0.2, -0.15) is 5.10 Å². The summed E-state index contributed by atoms with van der Waals surface area (Å²) in [6, 6.07) is 0.332. The standard InChI is InChI=1S/C12H19N3O3/c1-4-8(2)10(12(17)18)14-11(16)9(3)15-7-5-6-13-15/h5-10H,4H2,1-3H3,(H,14,16)(H,17,18)/t8?,9?,10-/m0/s1. The molecule has 1 aromatic rings. The smallest absolute Gasteiger partial charge is 0.326 e. The maximum absolute atomic E-state index is 11.9. The maximum atomic E-state index is 11.9. The van der Waals surface area contributed by atoms with Gasteiger partial charge in [0.2, 0.25) is 5.91 Å². The highest BCUT2D eigenvalue weighted by atomic mass is 16.4. The van der Waals surface area contributed by atoms with Crippen LogP contribution in [0.5, 0.6) is 0 Å². The molecule has 6 nitrogen and oxygen atoms in total. The molecule has 0 saturated carbocycles. The number of carboxylic acid groups (broad SMARTS) is 1. The van der Waals surface area contributed by atoms with Gasteiger partial charge in [-0.15, -0.1) is 0 Å². The predicted octanol–water partition coefficient (Wildman–Crippen LogP) is 1.06. The first-order valence-corrected chi connectivity index (χ1v) is 5.99. The normalized spacial score (nSPS) is 15.7. The van der Waals surface area contributed by atoms with Crippen molar-refractivity contribution in [3.8, 4) is 0 Å². The zero-order valence-corrected chi connectivity index (χ0v) is 10.8. The zero-order chi connectivity index (χ0) is 13.7. The van der Waals surface area contributed by atoms with Crippen molar-refractivity contribution >= 4 is 11.9 Å². The van der Waals surface area contributed by atoms with Crippen molar-refractivity contribution < 1.29 is 14.7 Å². The number of amides is 1. The summed E-state index contributed by atoms with van der Waals surface area (Å²) in [5.74, 6) is -1.46. The molecule has 0 fully saturated rings. The number of carboxylic acids is 1. The average molecular weight is 253 g/mol. The molecule has 0 spiro atoms. The lowest BCUT2D eigenvalue weighted by Crippen LogP contribution is -2.47. The molecule has 0 bridgehead atoms. The topological polar surface area (TPSA) is 84.2 Å². The molecule has 100 valence electrons. The van der Waals surface area contributed by atoms with Crippen molar-refractivity contribution in [3.05, 3.63) is 18.5 Å². The Hall–Kier alpha value is -1.85. The second-order valence-electron chi connectivity index (χ2n) is 4.37. The quantitative estimate of drug-likeness (QED) is 0.794. The fourth-order valence-electron chi connectivity index (χ4n) is 1.59. The Morgan fingerprint density at radius 3 is 2.56 bits per heavy atom. The zero-order valence-electron chi connectivity index (χ0n) is 10.8. The second-order valence-corrected chi connectivity index (χ2v) is 4.37. The van der Waals surface area contributed by atoms with E-state index in [1.807, 2.05) is 6.92 Å². The monoisotopic (exact) mass is 253 g/mol. The number of nitrogens with one attached hydrogen (secondary N) is 1. The summed E-state index contributed by atoms with van der Waals surface area (Å²) >= 11 is 0. The van der Waals surface area contributed by atoms with E-state index >= 15 is 0 Å². The molecule has 0 aliphatic carbocycles. The highest BCUT2D eigenvalue weighted by Gasteiger charge is 2.27. The van der Waals surface area contributed by atoms with Crippen LogP contribution in [0.3, 0.4) is 0 Å². The Kier molecular flexibility index (Phi) is 4.88. The highest BCUT2D eigenvalue weighted by molar-refractivity contribution is 5.85. The number of aromatic nitrogens is 2. The minimum atomic E-state index is -1.01. The average Bonchev–Trinajstić information content (AvgIpc) is 2.87. The van der Waals surface area contributed by atoms with Crippen molar-refractivity contribution in [1.29, 1.82) is 0 Å². The summed E-state index contributed by atoms with van der Waals surface area (Å²) < 4.78 is 1.49. The molecule has 2 unspecified atom stereocenters. The molecule has 18 heavy (non-hydrogen) atoms. The molecule has 1 aromatic heterocycles. The molecule has 1 heterocycles. The van der Waals surface area contributed by atoms with Gasteiger partial charge >= 0.3 is 5.97 Å². The maximum Gasteiger partial charge on any atom is 0.326 e. The number of nitrogens with zero attached hydrogens (tertiary/aromatic N) is 2. The molecule has 6 heteroatoms. The van der Waals surface area contributed by atoms with Crippen molar-refractivity contribution in [2.24, 2.45) is 5.92 Å². The lowest BCUT2D eigenvalue weighted by Gasteiger charge is -2.22. The Morgan fingerprint density at radius 1 is 1.44 bits per heavy atom.